The van der Waals surface area contributed by atoms with Crippen molar-refractivity contribution in [3.63, 3.8) is 0 Å². The summed E-state index contributed by atoms with van der Waals surface area (Å²) in [5, 5.41) is 0. The first-order valence-electron chi connectivity index (χ1n) is 3.64. The highest BCUT2D eigenvalue weighted by Crippen LogP contribution is 2.19. The Balaban J connectivity index is 2.18. The van der Waals surface area contributed by atoms with Crippen molar-refractivity contribution in [2.24, 2.45) is 0 Å². The molecular weight excluding hydrogens is 218 g/mol. The first kappa shape index (κ1) is 7.61. The lowest BCUT2D eigenvalue weighted by Gasteiger charge is -2.16. The van der Waals surface area contributed by atoms with Gasteiger partial charge in [-0.15, -0.1) is 0 Å². The number of aromatic nitrogens is 1. The molecule has 1 aliphatic heterocycles. The standard InChI is InChI=1S/C8H8BrN3/c9-12-6-5-11(7-12)8-1-3-10-4-2-8/h1-6H,7H2. The normalized spacial score (nSPS) is 15.8. The van der Waals surface area contributed by atoms with E-state index >= 15 is 0 Å². The summed E-state index contributed by atoms with van der Waals surface area (Å²) in [6.07, 6.45) is 7.57. The van der Waals surface area contributed by atoms with E-state index in [-0.39, 0.29) is 0 Å². The molecule has 0 saturated carbocycles. The van der Waals surface area contributed by atoms with Crippen LogP contribution in [-0.2, 0) is 0 Å². The molecule has 0 radical (unpaired) electrons. The van der Waals surface area contributed by atoms with Crippen LogP contribution in [0.3, 0.4) is 0 Å². The topological polar surface area (TPSA) is 19.4 Å². The third-order valence-electron chi connectivity index (χ3n) is 1.69. The van der Waals surface area contributed by atoms with Crippen molar-refractivity contribution >= 4 is 21.8 Å². The zero-order valence-electron chi connectivity index (χ0n) is 6.39. The lowest BCUT2D eigenvalue weighted by molar-refractivity contribution is 0.689. The Morgan fingerprint density at radius 3 is 2.58 bits per heavy atom. The molecule has 0 aliphatic carbocycles. The van der Waals surface area contributed by atoms with Crippen LogP contribution >= 0.6 is 16.1 Å². The van der Waals surface area contributed by atoms with Gasteiger partial charge in [0.1, 0.15) is 6.67 Å². The molecule has 2 heterocycles. The second-order valence-corrected chi connectivity index (χ2v) is 3.43. The van der Waals surface area contributed by atoms with Crippen molar-refractivity contribution in [1.82, 2.24) is 8.91 Å². The molecule has 12 heavy (non-hydrogen) atoms. The number of hydrogen-bond donors (Lipinski definition) is 0. The van der Waals surface area contributed by atoms with Gasteiger partial charge in [-0.25, -0.2) is 0 Å². The maximum Gasteiger partial charge on any atom is 0.105 e. The predicted octanol–water partition coefficient (Wildman–Crippen LogP) is 1.94. The van der Waals surface area contributed by atoms with Crippen LogP contribution in [0.4, 0.5) is 5.69 Å². The lowest BCUT2D eigenvalue weighted by Crippen LogP contribution is -2.18. The van der Waals surface area contributed by atoms with Gasteiger partial charge in [-0.05, 0) is 12.1 Å². The number of hydrogen-bond acceptors (Lipinski definition) is 3. The van der Waals surface area contributed by atoms with Gasteiger partial charge in [0, 0.05) is 30.5 Å². The molecule has 0 spiro atoms. The molecule has 0 saturated heterocycles. The first-order valence-corrected chi connectivity index (χ1v) is 4.34. The molecule has 0 aromatic carbocycles. The van der Waals surface area contributed by atoms with E-state index in [0.717, 1.165) is 12.4 Å². The van der Waals surface area contributed by atoms with E-state index in [1.54, 1.807) is 12.4 Å². The van der Waals surface area contributed by atoms with Gasteiger partial charge < -0.3 is 4.90 Å². The highest BCUT2D eigenvalue weighted by atomic mass is 79.9. The zero-order valence-corrected chi connectivity index (χ0v) is 7.98. The van der Waals surface area contributed by atoms with Crippen molar-refractivity contribution in [3.8, 4) is 0 Å². The smallest absolute Gasteiger partial charge is 0.105 e. The van der Waals surface area contributed by atoms with Gasteiger partial charge in [0.2, 0.25) is 0 Å². The highest BCUT2D eigenvalue weighted by Gasteiger charge is 2.10. The monoisotopic (exact) mass is 225 g/mol. The van der Waals surface area contributed by atoms with Crippen molar-refractivity contribution in [2.75, 3.05) is 11.6 Å². The fraction of sp³-hybridized carbons (Fsp3) is 0.125. The number of pyridine rings is 1. The summed E-state index contributed by atoms with van der Waals surface area (Å²) in [5.41, 5.74) is 1.16. The minimum atomic E-state index is 0.837. The van der Waals surface area contributed by atoms with Crippen LogP contribution in [0.1, 0.15) is 0 Å². The number of nitrogens with zero attached hydrogens (tertiary/aromatic N) is 3. The summed E-state index contributed by atoms with van der Waals surface area (Å²) < 4.78 is 1.94. The van der Waals surface area contributed by atoms with E-state index in [4.69, 9.17) is 0 Å². The summed E-state index contributed by atoms with van der Waals surface area (Å²) in [6.45, 7) is 0.837. The fourth-order valence-corrected chi connectivity index (χ4v) is 1.44. The summed E-state index contributed by atoms with van der Waals surface area (Å²) in [4.78, 5) is 6.08. The summed E-state index contributed by atoms with van der Waals surface area (Å²) in [7, 11) is 0. The van der Waals surface area contributed by atoms with Crippen LogP contribution in [0.5, 0.6) is 0 Å². The van der Waals surface area contributed by atoms with Gasteiger partial charge in [-0.1, -0.05) is 0 Å². The van der Waals surface area contributed by atoms with Crippen molar-refractivity contribution in [2.45, 2.75) is 0 Å². The summed E-state index contributed by atoms with van der Waals surface area (Å²) >= 11 is 3.37. The molecule has 1 aromatic heterocycles. The Hall–Kier alpha value is -1.03. The molecule has 2 rings (SSSR count). The molecule has 3 nitrogen and oxygen atoms in total. The molecule has 0 amide bonds. The zero-order chi connectivity index (χ0) is 8.39. The average Bonchev–Trinajstić information content (AvgIpc) is 2.54. The molecule has 0 fully saturated rings. The molecule has 0 bridgehead atoms. The Morgan fingerprint density at radius 2 is 2.00 bits per heavy atom. The molecule has 1 aliphatic rings. The van der Waals surface area contributed by atoms with Crippen molar-refractivity contribution < 1.29 is 0 Å². The fourth-order valence-electron chi connectivity index (χ4n) is 1.10. The van der Waals surface area contributed by atoms with Crippen LogP contribution in [-0.4, -0.2) is 15.6 Å². The Bertz CT molecular complexity index is 286. The minimum Gasteiger partial charge on any atom is -0.327 e. The van der Waals surface area contributed by atoms with Gasteiger partial charge in [-0.2, -0.15) is 0 Å². The quantitative estimate of drug-likeness (QED) is 0.682. The highest BCUT2D eigenvalue weighted by molar-refractivity contribution is 9.07. The van der Waals surface area contributed by atoms with Gasteiger partial charge in [0.15, 0.2) is 0 Å². The maximum absolute atomic E-state index is 3.96. The van der Waals surface area contributed by atoms with E-state index in [0.29, 0.717) is 0 Å². The average molecular weight is 226 g/mol. The molecule has 62 valence electrons. The molecule has 4 heteroatoms. The third-order valence-corrected chi connectivity index (χ3v) is 2.15. The number of rotatable bonds is 1. The predicted molar refractivity (Wildman–Crippen MR) is 51.5 cm³/mol. The van der Waals surface area contributed by atoms with Crippen LogP contribution < -0.4 is 4.90 Å². The summed E-state index contributed by atoms with van der Waals surface area (Å²) in [6, 6.07) is 3.97. The van der Waals surface area contributed by atoms with Gasteiger partial charge in [0.25, 0.3) is 0 Å². The van der Waals surface area contributed by atoms with E-state index in [9.17, 15) is 0 Å². The van der Waals surface area contributed by atoms with Crippen molar-refractivity contribution in [1.29, 1.82) is 0 Å². The summed E-state index contributed by atoms with van der Waals surface area (Å²) in [5.74, 6) is 0. The molecule has 0 unspecified atom stereocenters. The van der Waals surface area contributed by atoms with Crippen LogP contribution in [0.25, 0.3) is 0 Å². The number of anilines is 1. The molecular formula is C8H8BrN3. The minimum absolute atomic E-state index is 0.837. The van der Waals surface area contributed by atoms with E-state index in [1.807, 2.05) is 28.5 Å². The second kappa shape index (κ2) is 3.15. The van der Waals surface area contributed by atoms with E-state index in [2.05, 4.69) is 26.0 Å². The maximum atomic E-state index is 3.96. The Morgan fingerprint density at radius 1 is 1.25 bits per heavy atom. The Labute approximate surface area is 79.6 Å². The van der Waals surface area contributed by atoms with Crippen LogP contribution in [0.2, 0.25) is 0 Å². The van der Waals surface area contributed by atoms with Gasteiger partial charge >= 0.3 is 0 Å². The second-order valence-electron chi connectivity index (χ2n) is 2.51. The van der Waals surface area contributed by atoms with Crippen molar-refractivity contribution in [3.05, 3.63) is 36.9 Å². The third kappa shape index (κ3) is 1.43. The molecule has 1 aromatic rings. The SMILES string of the molecule is BrN1C=CN(c2ccncc2)C1. The van der Waals surface area contributed by atoms with E-state index < -0.39 is 0 Å². The Kier molecular flexibility index (Phi) is 1.99. The molecule has 0 atom stereocenters. The largest absolute Gasteiger partial charge is 0.327 e. The van der Waals surface area contributed by atoms with Gasteiger partial charge in [0.05, 0.1) is 16.1 Å². The van der Waals surface area contributed by atoms with E-state index in [1.165, 1.54) is 0 Å². The van der Waals surface area contributed by atoms with Gasteiger partial charge in [-0.3, -0.25) is 8.91 Å². The molecule has 0 N–H and O–H groups in total. The lowest BCUT2D eigenvalue weighted by atomic mass is 10.4. The first-order chi connectivity index (χ1) is 5.86. The van der Waals surface area contributed by atoms with Crippen LogP contribution in [0.15, 0.2) is 36.9 Å². The number of halogens is 1. The van der Waals surface area contributed by atoms with Crippen LogP contribution in [0, 0.1) is 0 Å².